The number of furan rings is 1. The monoisotopic (exact) mass is 651 g/mol. The molecule has 4 nitrogen and oxygen atoms in total. The minimum absolute atomic E-state index is 0.635. The van der Waals surface area contributed by atoms with E-state index in [4.69, 9.17) is 19.4 Å². The summed E-state index contributed by atoms with van der Waals surface area (Å²) in [5, 5.41) is 6.75. The Labute approximate surface area is 294 Å². The second kappa shape index (κ2) is 11.9. The molecule has 0 radical (unpaired) electrons. The van der Waals surface area contributed by atoms with Crippen molar-refractivity contribution in [3.63, 3.8) is 0 Å². The minimum atomic E-state index is 0.635. The first-order chi connectivity index (χ1) is 25.2. The van der Waals surface area contributed by atoms with E-state index in [1.807, 2.05) is 48.5 Å². The standard InChI is InChI=1S/C47H29N3O/c1-3-11-30(12-4-1)38-27-36-15-7-8-16-39(36)42(29-38)47-49-45(31-13-5-2-6-14-31)48-46(50-47)37-22-21-32-25-33(19-20-34(32)26-37)35-23-24-44-41(28-35)40-17-9-10-18-43(40)51-44/h1-29H. The average Bonchev–Trinajstić information content (AvgIpc) is 3.58. The van der Waals surface area contributed by atoms with Crippen molar-refractivity contribution in [3.05, 3.63) is 176 Å². The first-order valence-corrected chi connectivity index (χ1v) is 17.1. The van der Waals surface area contributed by atoms with E-state index < -0.39 is 0 Å². The van der Waals surface area contributed by atoms with Gasteiger partial charge >= 0.3 is 0 Å². The van der Waals surface area contributed by atoms with Gasteiger partial charge in [-0.15, -0.1) is 0 Å². The maximum Gasteiger partial charge on any atom is 0.164 e. The molecule has 10 rings (SSSR count). The zero-order chi connectivity index (χ0) is 33.7. The summed E-state index contributed by atoms with van der Waals surface area (Å²) in [6, 6.07) is 61.2. The van der Waals surface area contributed by atoms with Gasteiger partial charge in [0.1, 0.15) is 11.2 Å². The van der Waals surface area contributed by atoms with Crippen molar-refractivity contribution in [1.82, 2.24) is 15.0 Å². The third kappa shape index (κ3) is 5.22. The molecule has 0 aliphatic rings. The van der Waals surface area contributed by atoms with Crippen molar-refractivity contribution in [3.8, 4) is 56.4 Å². The molecule has 10 aromatic rings. The lowest BCUT2D eigenvalue weighted by atomic mass is 9.96. The van der Waals surface area contributed by atoms with Gasteiger partial charge in [-0.1, -0.05) is 133 Å². The lowest BCUT2D eigenvalue weighted by Crippen LogP contribution is -2.01. The first kappa shape index (κ1) is 29.0. The second-order valence-electron chi connectivity index (χ2n) is 12.9. The highest BCUT2D eigenvalue weighted by Gasteiger charge is 2.16. The van der Waals surface area contributed by atoms with E-state index in [0.717, 1.165) is 82.4 Å². The molecule has 0 N–H and O–H groups in total. The van der Waals surface area contributed by atoms with E-state index in [9.17, 15) is 0 Å². The van der Waals surface area contributed by atoms with Crippen LogP contribution < -0.4 is 0 Å². The smallest absolute Gasteiger partial charge is 0.164 e. The Morgan fingerprint density at radius 2 is 0.843 bits per heavy atom. The van der Waals surface area contributed by atoms with Gasteiger partial charge in [-0.25, -0.2) is 15.0 Å². The number of fused-ring (bicyclic) bond motifs is 5. The molecule has 0 aliphatic heterocycles. The van der Waals surface area contributed by atoms with Gasteiger partial charge < -0.3 is 4.42 Å². The molecule has 0 aliphatic carbocycles. The first-order valence-electron chi connectivity index (χ1n) is 17.1. The van der Waals surface area contributed by atoms with Gasteiger partial charge in [-0.05, 0) is 86.3 Å². The Hall–Kier alpha value is -6.91. The van der Waals surface area contributed by atoms with E-state index in [1.165, 1.54) is 0 Å². The summed E-state index contributed by atoms with van der Waals surface area (Å²) in [5.41, 5.74) is 9.23. The molecule has 0 bridgehead atoms. The molecule has 8 aromatic carbocycles. The van der Waals surface area contributed by atoms with E-state index in [-0.39, 0.29) is 0 Å². The maximum atomic E-state index is 6.07. The molecule has 51 heavy (non-hydrogen) atoms. The van der Waals surface area contributed by atoms with E-state index in [0.29, 0.717) is 17.5 Å². The SMILES string of the molecule is c1ccc(-c2cc(-c3nc(-c4ccccc4)nc(-c4ccc5cc(-c6ccc7oc8ccccc8c7c6)ccc5c4)n3)c3ccccc3c2)cc1. The highest BCUT2D eigenvalue weighted by atomic mass is 16.3. The van der Waals surface area contributed by atoms with Crippen molar-refractivity contribution < 1.29 is 4.42 Å². The van der Waals surface area contributed by atoms with Crippen LogP contribution in [-0.2, 0) is 0 Å². The van der Waals surface area contributed by atoms with Gasteiger partial charge in [0, 0.05) is 27.5 Å². The average molecular weight is 652 g/mol. The van der Waals surface area contributed by atoms with E-state index >= 15 is 0 Å². The maximum absolute atomic E-state index is 6.07. The second-order valence-corrected chi connectivity index (χ2v) is 12.9. The minimum Gasteiger partial charge on any atom is -0.456 e. The zero-order valence-corrected chi connectivity index (χ0v) is 27.5. The van der Waals surface area contributed by atoms with E-state index in [1.54, 1.807) is 0 Å². The Morgan fingerprint density at radius 1 is 0.294 bits per heavy atom. The van der Waals surface area contributed by atoms with Crippen LogP contribution in [-0.4, -0.2) is 15.0 Å². The molecule has 2 heterocycles. The zero-order valence-electron chi connectivity index (χ0n) is 27.5. The van der Waals surface area contributed by atoms with Crippen LogP contribution in [0.5, 0.6) is 0 Å². The van der Waals surface area contributed by atoms with Crippen LogP contribution in [0.2, 0.25) is 0 Å². The summed E-state index contributed by atoms with van der Waals surface area (Å²) in [4.78, 5) is 15.3. The van der Waals surface area contributed by atoms with Gasteiger partial charge in [0.05, 0.1) is 0 Å². The van der Waals surface area contributed by atoms with Crippen LogP contribution >= 0.6 is 0 Å². The van der Waals surface area contributed by atoms with Crippen LogP contribution in [0.3, 0.4) is 0 Å². The predicted molar refractivity (Wildman–Crippen MR) is 209 cm³/mol. The fourth-order valence-corrected chi connectivity index (χ4v) is 7.10. The molecular formula is C47H29N3O. The Morgan fingerprint density at radius 3 is 1.65 bits per heavy atom. The van der Waals surface area contributed by atoms with Crippen LogP contribution in [0, 0.1) is 0 Å². The number of hydrogen-bond acceptors (Lipinski definition) is 4. The van der Waals surface area contributed by atoms with Gasteiger partial charge in [0.25, 0.3) is 0 Å². The topological polar surface area (TPSA) is 51.8 Å². The van der Waals surface area contributed by atoms with Gasteiger partial charge in [0.2, 0.25) is 0 Å². The summed E-state index contributed by atoms with van der Waals surface area (Å²) in [7, 11) is 0. The van der Waals surface area contributed by atoms with Crippen molar-refractivity contribution in [2.24, 2.45) is 0 Å². The van der Waals surface area contributed by atoms with Crippen LogP contribution in [0.4, 0.5) is 0 Å². The van der Waals surface area contributed by atoms with Crippen molar-refractivity contribution in [1.29, 1.82) is 0 Å². The highest BCUT2D eigenvalue weighted by molar-refractivity contribution is 6.06. The number of rotatable bonds is 5. The third-order valence-electron chi connectivity index (χ3n) is 9.69. The molecule has 238 valence electrons. The molecule has 2 aromatic heterocycles. The van der Waals surface area contributed by atoms with Crippen LogP contribution in [0.25, 0.3) is 99.9 Å². The fourth-order valence-electron chi connectivity index (χ4n) is 7.10. The summed E-state index contributed by atoms with van der Waals surface area (Å²) in [6.45, 7) is 0. The quantitative estimate of drug-likeness (QED) is 0.186. The van der Waals surface area contributed by atoms with Crippen molar-refractivity contribution >= 4 is 43.5 Å². The summed E-state index contributed by atoms with van der Waals surface area (Å²) in [5.74, 6) is 1.92. The molecule has 0 amide bonds. The number of hydrogen-bond donors (Lipinski definition) is 0. The number of nitrogens with zero attached hydrogens (tertiary/aromatic N) is 3. The normalized spacial score (nSPS) is 11.5. The molecule has 0 fully saturated rings. The molecule has 0 saturated carbocycles. The summed E-state index contributed by atoms with van der Waals surface area (Å²) >= 11 is 0. The fraction of sp³-hybridized carbons (Fsp3) is 0. The van der Waals surface area contributed by atoms with Crippen LogP contribution in [0.15, 0.2) is 180 Å². The number of aromatic nitrogens is 3. The lowest BCUT2D eigenvalue weighted by Gasteiger charge is -2.13. The predicted octanol–water partition coefficient (Wildman–Crippen LogP) is 12.4. The third-order valence-corrected chi connectivity index (χ3v) is 9.69. The molecule has 0 atom stereocenters. The van der Waals surface area contributed by atoms with Crippen LogP contribution in [0.1, 0.15) is 0 Å². The molecule has 4 heteroatoms. The van der Waals surface area contributed by atoms with E-state index in [2.05, 4.69) is 127 Å². The van der Waals surface area contributed by atoms with Gasteiger partial charge in [-0.2, -0.15) is 0 Å². The van der Waals surface area contributed by atoms with Crippen molar-refractivity contribution in [2.75, 3.05) is 0 Å². The van der Waals surface area contributed by atoms with Crippen molar-refractivity contribution in [2.45, 2.75) is 0 Å². The summed E-state index contributed by atoms with van der Waals surface area (Å²) < 4.78 is 6.07. The largest absolute Gasteiger partial charge is 0.456 e. The molecule has 0 saturated heterocycles. The van der Waals surface area contributed by atoms with Gasteiger partial charge in [0.15, 0.2) is 17.5 Å². The number of para-hydroxylation sites is 1. The Kier molecular flexibility index (Phi) is 6.78. The Balaban J connectivity index is 1.10. The lowest BCUT2D eigenvalue weighted by molar-refractivity contribution is 0.669. The molecule has 0 spiro atoms. The summed E-state index contributed by atoms with van der Waals surface area (Å²) in [6.07, 6.45) is 0. The number of benzene rings is 8. The van der Waals surface area contributed by atoms with Gasteiger partial charge in [-0.3, -0.25) is 0 Å². The molecular weight excluding hydrogens is 623 g/mol. The Bertz CT molecular complexity index is 2910. The molecule has 0 unspecified atom stereocenters. The highest BCUT2D eigenvalue weighted by Crippen LogP contribution is 2.36.